The molecule has 0 aromatic heterocycles. The molecule has 0 aliphatic carbocycles. The van der Waals surface area contributed by atoms with E-state index in [9.17, 15) is 0 Å². The van der Waals surface area contributed by atoms with Crippen LogP contribution < -0.4 is 5.73 Å². The average molecular weight is 279 g/mol. The molecule has 0 bridgehead atoms. The molecule has 0 fully saturated rings. The number of unbranched alkanes of at least 4 members (excludes halogenated alkanes) is 11. The third kappa shape index (κ3) is 17.0. The molecule has 0 amide bonds. The molecule has 0 saturated heterocycles. The quantitative estimate of drug-likeness (QED) is 0.408. The Morgan fingerprint density at radius 3 is 1.19 bits per heavy atom. The Kier molecular flexibility index (Phi) is 21.3. The van der Waals surface area contributed by atoms with Crippen LogP contribution in [0.5, 0.6) is 0 Å². The summed E-state index contributed by atoms with van der Waals surface area (Å²) in [5.74, 6) is 0. The molecule has 94 valence electrons. The van der Waals surface area contributed by atoms with Crippen molar-refractivity contribution < 1.29 is 19.5 Å². The Hall–Kier alpha value is 0.583. The van der Waals surface area contributed by atoms with E-state index in [0.29, 0.717) is 0 Å². The van der Waals surface area contributed by atoms with E-state index in [0.717, 1.165) is 6.54 Å². The molecule has 0 spiro atoms. The van der Waals surface area contributed by atoms with Crippen LogP contribution in [0.4, 0.5) is 0 Å². The van der Waals surface area contributed by atoms with Crippen LogP contribution in [0.1, 0.15) is 84.0 Å². The molecule has 0 rings (SSSR count). The van der Waals surface area contributed by atoms with Crippen LogP contribution >= 0.6 is 0 Å². The van der Waals surface area contributed by atoms with Crippen LogP contribution in [0, 0.1) is 0 Å². The van der Waals surface area contributed by atoms with E-state index in [1.807, 2.05) is 0 Å². The fourth-order valence-corrected chi connectivity index (χ4v) is 1.99. The third-order valence-corrected chi connectivity index (χ3v) is 3.06. The van der Waals surface area contributed by atoms with Crippen molar-refractivity contribution in [1.82, 2.24) is 0 Å². The molecular formula is C14H31NZn. The van der Waals surface area contributed by atoms with Gasteiger partial charge in [-0.2, -0.15) is 0 Å². The van der Waals surface area contributed by atoms with Crippen molar-refractivity contribution in [3.05, 3.63) is 0 Å². The van der Waals surface area contributed by atoms with E-state index in [-0.39, 0.29) is 19.5 Å². The van der Waals surface area contributed by atoms with Crippen LogP contribution in [-0.4, -0.2) is 6.54 Å². The minimum Gasteiger partial charge on any atom is -0.330 e. The first-order valence-electron chi connectivity index (χ1n) is 7.12. The van der Waals surface area contributed by atoms with Crippen LogP contribution in [0.25, 0.3) is 0 Å². The van der Waals surface area contributed by atoms with E-state index in [2.05, 4.69) is 6.92 Å². The van der Waals surface area contributed by atoms with Gasteiger partial charge in [0.25, 0.3) is 0 Å². The monoisotopic (exact) mass is 277 g/mol. The van der Waals surface area contributed by atoms with Gasteiger partial charge in [0, 0.05) is 19.5 Å². The fourth-order valence-electron chi connectivity index (χ4n) is 1.99. The fraction of sp³-hybridized carbons (Fsp3) is 1.00. The maximum absolute atomic E-state index is 5.45. The van der Waals surface area contributed by atoms with Gasteiger partial charge < -0.3 is 5.73 Å². The zero-order valence-electron chi connectivity index (χ0n) is 11.5. The molecule has 0 aliphatic rings. The smallest absolute Gasteiger partial charge is 0 e. The van der Waals surface area contributed by atoms with Gasteiger partial charge >= 0.3 is 0 Å². The summed E-state index contributed by atoms with van der Waals surface area (Å²) in [5.41, 5.74) is 5.45. The van der Waals surface area contributed by atoms with Gasteiger partial charge in [-0.15, -0.1) is 0 Å². The minimum absolute atomic E-state index is 0. The second-order valence-electron chi connectivity index (χ2n) is 4.68. The van der Waals surface area contributed by atoms with Crippen molar-refractivity contribution in [2.45, 2.75) is 84.0 Å². The Bertz CT molecular complexity index is 94.9. The second-order valence-corrected chi connectivity index (χ2v) is 4.68. The van der Waals surface area contributed by atoms with Gasteiger partial charge in [0.15, 0.2) is 0 Å². The van der Waals surface area contributed by atoms with Crippen LogP contribution in [0.2, 0.25) is 0 Å². The Morgan fingerprint density at radius 2 is 0.875 bits per heavy atom. The predicted octanol–water partition coefficient (Wildman–Crippen LogP) is 4.64. The zero-order valence-corrected chi connectivity index (χ0v) is 14.4. The molecule has 2 heteroatoms. The van der Waals surface area contributed by atoms with E-state index in [4.69, 9.17) is 5.73 Å². The first kappa shape index (κ1) is 18.9. The van der Waals surface area contributed by atoms with E-state index in [1.54, 1.807) is 0 Å². The van der Waals surface area contributed by atoms with Gasteiger partial charge in [0.05, 0.1) is 0 Å². The molecule has 16 heavy (non-hydrogen) atoms. The molecule has 0 atom stereocenters. The van der Waals surface area contributed by atoms with Crippen molar-refractivity contribution >= 4 is 0 Å². The van der Waals surface area contributed by atoms with E-state index >= 15 is 0 Å². The number of rotatable bonds is 12. The summed E-state index contributed by atoms with van der Waals surface area (Å²) in [6.07, 6.45) is 16.9. The van der Waals surface area contributed by atoms with Crippen LogP contribution in [0.15, 0.2) is 0 Å². The van der Waals surface area contributed by atoms with Crippen molar-refractivity contribution in [1.29, 1.82) is 0 Å². The molecule has 0 unspecified atom stereocenters. The van der Waals surface area contributed by atoms with Gasteiger partial charge in [-0.25, -0.2) is 0 Å². The molecule has 0 heterocycles. The summed E-state index contributed by atoms with van der Waals surface area (Å²) in [6.45, 7) is 3.15. The molecule has 0 aromatic carbocycles. The van der Waals surface area contributed by atoms with Gasteiger partial charge in [0.2, 0.25) is 0 Å². The van der Waals surface area contributed by atoms with Gasteiger partial charge in [-0.05, 0) is 13.0 Å². The molecule has 2 N–H and O–H groups in total. The summed E-state index contributed by atoms with van der Waals surface area (Å²) in [6, 6.07) is 0. The van der Waals surface area contributed by atoms with Gasteiger partial charge in [-0.1, -0.05) is 77.6 Å². The van der Waals surface area contributed by atoms with E-state index in [1.165, 1.54) is 77.0 Å². The number of hydrogen-bond acceptors (Lipinski definition) is 1. The molecule has 1 nitrogen and oxygen atoms in total. The summed E-state index contributed by atoms with van der Waals surface area (Å²) in [4.78, 5) is 0. The van der Waals surface area contributed by atoms with Crippen molar-refractivity contribution in [2.75, 3.05) is 6.54 Å². The summed E-state index contributed by atoms with van der Waals surface area (Å²) >= 11 is 0. The molecule has 0 aliphatic heterocycles. The van der Waals surface area contributed by atoms with Gasteiger partial charge in [0.1, 0.15) is 0 Å². The number of hydrogen-bond donors (Lipinski definition) is 1. The van der Waals surface area contributed by atoms with Gasteiger partial charge in [-0.3, -0.25) is 0 Å². The van der Waals surface area contributed by atoms with Crippen LogP contribution in [-0.2, 0) is 19.5 Å². The Morgan fingerprint density at radius 1 is 0.562 bits per heavy atom. The Balaban J connectivity index is 0. The first-order valence-corrected chi connectivity index (χ1v) is 7.12. The molecular weight excluding hydrogens is 248 g/mol. The normalized spacial score (nSPS) is 10.1. The SMILES string of the molecule is CCCCCCCCCCCCCCN.[Zn]. The third-order valence-electron chi connectivity index (χ3n) is 3.06. The molecule has 0 radical (unpaired) electrons. The maximum Gasteiger partial charge on any atom is 0 e. The van der Waals surface area contributed by atoms with Crippen molar-refractivity contribution in [3.8, 4) is 0 Å². The van der Waals surface area contributed by atoms with Crippen LogP contribution in [0.3, 0.4) is 0 Å². The summed E-state index contributed by atoms with van der Waals surface area (Å²) < 4.78 is 0. The topological polar surface area (TPSA) is 26.0 Å². The standard InChI is InChI=1S/C14H31N.Zn/c1-2-3-4-5-6-7-8-9-10-11-12-13-14-15;/h2-15H2,1H3;. The number of nitrogens with two attached hydrogens (primary N) is 1. The predicted molar refractivity (Wildman–Crippen MR) is 70.1 cm³/mol. The molecule has 0 saturated carbocycles. The first-order chi connectivity index (χ1) is 7.41. The minimum atomic E-state index is 0. The average Bonchev–Trinajstić information content (AvgIpc) is 2.26. The van der Waals surface area contributed by atoms with Crippen molar-refractivity contribution in [3.63, 3.8) is 0 Å². The molecule has 0 aromatic rings. The largest absolute Gasteiger partial charge is 0.330 e. The second kappa shape index (κ2) is 18.0. The van der Waals surface area contributed by atoms with Crippen molar-refractivity contribution in [2.24, 2.45) is 5.73 Å². The zero-order chi connectivity index (χ0) is 11.2. The Labute approximate surface area is 116 Å². The van der Waals surface area contributed by atoms with E-state index < -0.39 is 0 Å². The summed E-state index contributed by atoms with van der Waals surface area (Å²) in [5, 5.41) is 0. The summed E-state index contributed by atoms with van der Waals surface area (Å²) in [7, 11) is 0. The maximum atomic E-state index is 5.45.